The van der Waals surface area contributed by atoms with Gasteiger partial charge in [0.2, 0.25) is 0 Å². The summed E-state index contributed by atoms with van der Waals surface area (Å²) in [5.74, 6) is 0.898. The largest absolute Gasteiger partial charge is 0.299 e. The fraction of sp³-hybridized carbons (Fsp3) is 0.588. The van der Waals surface area contributed by atoms with Crippen molar-refractivity contribution >= 4 is 0 Å². The Bertz CT molecular complexity index is 442. The molecule has 0 spiro atoms. The van der Waals surface area contributed by atoms with E-state index in [-0.39, 0.29) is 5.92 Å². The Morgan fingerprint density at radius 2 is 1.79 bits per heavy atom. The summed E-state index contributed by atoms with van der Waals surface area (Å²) in [6.45, 7) is 2.40. The van der Waals surface area contributed by atoms with Gasteiger partial charge in [0.05, 0.1) is 12.0 Å². The van der Waals surface area contributed by atoms with Crippen molar-refractivity contribution in [3.63, 3.8) is 0 Å². The third-order valence-electron chi connectivity index (χ3n) is 4.86. The van der Waals surface area contributed by atoms with Crippen LogP contribution in [0.25, 0.3) is 0 Å². The monoisotopic (exact) mass is 254 g/mol. The van der Waals surface area contributed by atoms with Gasteiger partial charge in [-0.2, -0.15) is 5.26 Å². The number of hydrogen-bond donors (Lipinski definition) is 0. The summed E-state index contributed by atoms with van der Waals surface area (Å²) in [6.07, 6.45) is 6.03. The Labute approximate surface area is 116 Å². The Morgan fingerprint density at radius 3 is 2.47 bits per heavy atom. The van der Waals surface area contributed by atoms with E-state index in [2.05, 4.69) is 41.3 Å². The Balaban J connectivity index is 1.75. The van der Waals surface area contributed by atoms with Crippen LogP contribution >= 0.6 is 0 Å². The third kappa shape index (κ3) is 2.67. The molecule has 2 fully saturated rings. The molecule has 0 radical (unpaired) electrons. The van der Waals surface area contributed by atoms with Crippen LogP contribution in [0.4, 0.5) is 0 Å². The second-order valence-corrected chi connectivity index (χ2v) is 5.97. The van der Waals surface area contributed by atoms with Gasteiger partial charge in [-0.25, -0.2) is 0 Å². The van der Waals surface area contributed by atoms with E-state index < -0.39 is 0 Å². The minimum absolute atomic E-state index is 0.248. The molecule has 2 aliphatic rings. The first-order valence-electron chi connectivity index (χ1n) is 7.57. The molecule has 1 heterocycles. The van der Waals surface area contributed by atoms with Crippen LogP contribution in [-0.2, 0) is 0 Å². The minimum Gasteiger partial charge on any atom is -0.299 e. The molecule has 2 nitrogen and oxygen atoms in total. The van der Waals surface area contributed by atoms with Gasteiger partial charge in [-0.05, 0) is 56.7 Å². The molecule has 3 atom stereocenters. The van der Waals surface area contributed by atoms with Crippen LogP contribution in [0.2, 0.25) is 0 Å². The summed E-state index contributed by atoms with van der Waals surface area (Å²) in [4.78, 5) is 2.57. The fourth-order valence-corrected chi connectivity index (χ4v) is 3.80. The average Bonchev–Trinajstić information content (AvgIpc) is 3.01. The van der Waals surface area contributed by atoms with Gasteiger partial charge in [0, 0.05) is 6.04 Å². The minimum atomic E-state index is 0.248. The smallest absolute Gasteiger partial charge is 0.0672 e. The summed E-state index contributed by atoms with van der Waals surface area (Å²) in [5.41, 5.74) is 1.46. The molecule has 2 heteroatoms. The molecule has 19 heavy (non-hydrogen) atoms. The lowest BCUT2D eigenvalue weighted by molar-refractivity contribution is 0.144. The van der Waals surface area contributed by atoms with Gasteiger partial charge in [0.15, 0.2) is 0 Å². The second-order valence-electron chi connectivity index (χ2n) is 5.97. The lowest BCUT2D eigenvalue weighted by Crippen LogP contribution is -2.42. The molecular formula is C17H22N2. The number of hydrogen-bond acceptors (Lipinski definition) is 2. The Kier molecular flexibility index (Phi) is 3.84. The van der Waals surface area contributed by atoms with E-state index >= 15 is 0 Å². The molecule has 0 amide bonds. The molecule has 1 aliphatic heterocycles. The van der Waals surface area contributed by atoms with Crippen molar-refractivity contribution in [2.24, 2.45) is 5.92 Å². The van der Waals surface area contributed by atoms with Crippen LogP contribution in [0.3, 0.4) is 0 Å². The quantitative estimate of drug-likeness (QED) is 0.807. The highest BCUT2D eigenvalue weighted by molar-refractivity contribution is 5.21. The van der Waals surface area contributed by atoms with Crippen LogP contribution in [0.1, 0.15) is 43.6 Å². The Hall–Kier alpha value is -1.33. The molecule has 0 aromatic heterocycles. The number of likely N-dealkylation sites (tertiary alicyclic amines) is 1. The standard InChI is InChI=1S/C17H22N2/c18-13-16-9-8-15(14-6-2-1-3-7-14)12-17(16)19-10-4-5-11-19/h1-3,6-7,15-17H,4-5,8-12H2. The highest BCUT2D eigenvalue weighted by Gasteiger charge is 2.35. The third-order valence-corrected chi connectivity index (χ3v) is 4.86. The van der Waals surface area contributed by atoms with Gasteiger partial charge in [0.1, 0.15) is 0 Å². The van der Waals surface area contributed by atoms with Crippen LogP contribution < -0.4 is 0 Å². The van der Waals surface area contributed by atoms with Crippen molar-refractivity contribution in [3.8, 4) is 6.07 Å². The number of nitriles is 1. The van der Waals surface area contributed by atoms with Crippen LogP contribution in [0, 0.1) is 17.2 Å². The molecule has 0 N–H and O–H groups in total. The van der Waals surface area contributed by atoms with E-state index in [1.54, 1.807) is 0 Å². The summed E-state index contributed by atoms with van der Waals surface area (Å²) >= 11 is 0. The maximum Gasteiger partial charge on any atom is 0.0672 e. The average molecular weight is 254 g/mol. The van der Waals surface area contributed by atoms with E-state index in [4.69, 9.17) is 0 Å². The fourth-order valence-electron chi connectivity index (χ4n) is 3.80. The molecule has 1 aliphatic carbocycles. The summed E-state index contributed by atoms with van der Waals surface area (Å²) in [5, 5.41) is 9.40. The highest BCUT2D eigenvalue weighted by atomic mass is 15.2. The topological polar surface area (TPSA) is 27.0 Å². The highest BCUT2D eigenvalue weighted by Crippen LogP contribution is 2.38. The van der Waals surface area contributed by atoms with Gasteiger partial charge in [-0.15, -0.1) is 0 Å². The van der Waals surface area contributed by atoms with Gasteiger partial charge in [0.25, 0.3) is 0 Å². The van der Waals surface area contributed by atoms with E-state index in [0.717, 1.165) is 6.42 Å². The van der Waals surface area contributed by atoms with Crippen molar-refractivity contribution < 1.29 is 0 Å². The van der Waals surface area contributed by atoms with Gasteiger partial charge < -0.3 is 0 Å². The molecule has 100 valence electrons. The van der Waals surface area contributed by atoms with E-state index in [0.29, 0.717) is 12.0 Å². The van der Waals surface area contributed by atoms with Crippen molar-refractivity contribution in [2.75, 3.05) is 13.1 Å². The lowest BCUT2D eigenvalue weighted by Gasteiger charge is -2.38. The van der Waals surface area contributed by atoms with Gasteiger partial charge >= 0.3 is 0 Å². The van der Waals surface area contributed by atoms with Crippen molar-refractivity contribution in [1.29, 1.82) is 5.26 Å². The molecular weight excluding hydrogens is 232 g/mol. The SMILES string of the molecule is N#CC1CCC(c2ccccc2)CC1N1CCCC1. The lowest BCUT2D eigenvalue weighted by atomic mass is 9.75. The van der Waals surface area contributed by atoms with Crippen LogP contribution in [-0.4, -0.2) is 24.0 Å². The first-order valence-corrected chi connectivity index (χ1v) is 7.57. The van der Waals surface area contributed by atoms with E-state index in [9.17, 15) is 5.26 Å². The molecule has 1 saturated carbocycles. The van der Waals surface area contributed by atoms with Gasteiger partial charge in [-0.1, -0.05) is 30.3 Å². The number of rotatable bonds is 2. The predicted octanol–water partition coefficient (Wildman–Crippen LogP) is 3.56. The zero-order valence-electron chi connectivity index (χ0n) is 11.5. The van der Waals surface area contributed by atoms with Crippen molar-refractivity contribution in [2.45, 2.75) is 44.1 Å². The molecule has 3 rings (SSSR count). The second kappa shape index (κ2) is 5.75. The zero-order valence-corrected chi connectivity index (χ0v) is 11.5. The molecule has 1 saturated heterocycles. The van der Waals surface area contributed by atoms with E-state index in [1.165, 1.54) is 44.3 Å². The molecule has 1 aromatic carbocycles. The zero-order chi connectivity index (χ0) is 13.1. The molecule has 0 bridgehead atoms. The maximum absolute atomic E-state index is 9.40. The van der Waals surface area contributed by atoms with Gasteiger partial charge in [-0.3, -0.25) is 4.90 Å². The normalized spacial score (nSPS) is 32.1. The summed E-state index contributed by atoms with van der Waals surface area (Å²) in [6, 6.07) is 13.9. The number of benzene rings is 1. The first kappa shape index (κ1) is 12.7. The predicted molar refractivity (Wildman–Crippen MR) is 76.7 cm³/mol. The molecule has 3 unspecified atom stereocenters. The van der Waals surface area contributed by atoms with Crippen LogP contribution in [0.15, 0.2) is 30.3 Å². The van der Waals surface area contributed by atoms with Crippen molar-refractivity contribution in [1.82, 2.24) is 4.90 Å². The van der Waals surface area contributed by atoms with E-state index in [1.807, 2.05) is 0 Å². The maximum atomic E-state index is 9.40. The Morgan fingerprint density at radius 1 is 1.05 bits per heavy atom. The first-order chi connectivity index (χ1) is 9.38. The van der Waals surface area contributed by atoms with Crippen LogP contribution in [0.5, 0.6) is 0 Å². The summed E-state index contributed by atoms with van der Waals surface area (Å²) in [7, 11) is 0. The number of nitrogens with zero attached hydrogens (tertiary/aromatic N) is 2. The molecule has 1 aromatic rings. The summed E-state index contributed by atoms with van der Waals surface area (Å²) < 4.78 is 0. The van der Waals surface area contributed by atoms with Crippen molar-refractivity contribution in [3.05, 3.63) is 35.9 Å².